The number of hydrogen-bond donors (Lipinski definition) is 2. The lowest BCUT2D eigenvalue weighted by molar-refractivity contribution is -0.122. The van der Waals surface area contributed by atoms with Crippen molar-refractivity contribution in [1.29, 1.82) is 0 Å². The summed E-state index contributed by atoms with van der Waals surface area (Å²) in [5.74, 6) is -0.488. The number of benzene rings is 3. The number of amides is 2. The van der Waals surface area contributed by atoms with Crippen molar-refractivity contribution in [3.05, 3.63) is 89.2 Å². The molecule has 0 aliphatic heterocycles. The van der Waals surface area contributed by atoms with Gasteiger partial charge in [-0.05, 0) is 86.5 Å². The van der Waals surface area contributed by atoms with E-state index in [1.807, 2.05) is 32.0 Å². The summed E-state index contributed by atoms with van der Waals surface area (Å²) in [5.41, 5.74) is 3.69. The first-order chi connectivity index (χ1) is 14.3. The van der Waals surface area contributed by atoms with E-state index in [9.17, 15) is 14.0 Å². The van der Waals surface area contributed by atoms with E-state index >= 15 is 0 Å². The number of hydrogen-bond acceptors (Lipinski definition) is 3. The molecule has 2 N–H and O–H groups in total. The number of anilines is 2. The Kier molecular flexibility index (Phi) is 6.47. The predicted molar refractivity (Wildman–Crippen MR) is 115 cm³/mol. The standard InChI is InChI=1S/C24H23FN2O3/c1-15-4-5-16(2)22(14-15)27-23(28)17(3)30-21-12-6-18(7-13-21)24(29)26-20-10-8-19(25)9-11-20/h4-14,17H,1-3H3,(H,26,29)(H,27,28). The Bertz CT molecular complexity index is 1050. The summed E-state index contributed by atoms with van der Waals surface area (Å²) in [5, 5.41) is 5.57. The second-order valence-electron chi connectivity index (χ2n) is 7.05. The molecule has 6 heteroatoms. The Morgan fingerprint density at radius 1 is 0.900 bits per heavy atom. The molecule has 3 rings (SSSR count). The second kappa shape index (κ2) is 9.22. The molecule has 1 atom stereocenters. The van der Waals surface area contributed by atoms with E-state index in [2.05, 4.69) is 10.6 Å². The van der Waals surface area contributed by atoms with Crippen molar-refractivity contribution >= 4 is 23.2 Å². The van der Waals surface area contributed by atoms with E-state index < -0.39 is 6.10 Å². The summed E-state index contributed by atoms with van der Waals surface area (Å²) >= 11 is 0. The van der Waals surface area contributed by atoms with E-state index in [-0.39, 0.29) is 17.6 Å². The van der Waals surface area contributed by atoms with Crippen molar-refractivity contribution in [2.75, 3.05) is 10.6 Å². The molecule has 0 aromatic heterocycles. The van der Waals surface area contributed by atoms with Crippen LogP contribution in [0, 0.1) is 19.7 Å². The zero-order valence-electron chi connectivity index (χ0n) is 17.0. The highest BCUT2D eigenvalue weighted by atomic mass is 19.1. The maximum Gasteiger partial charge on any atom is 0.265 e. The van der Waals surface area contributed by atoms with Crippen LogP contribution >= 0.6 is 0 Å². The highest BCUT2D eigenvalue weighted by Crippen LogP contribution is 2.19. The van der Waals surface area contributed by atoms with Gasteiger partial charge in [0.05, 0.1) is 0 Å². The van der Waals surface area contributed by atoms with Gasteiger partial charge in [-0.2, -0.15) is 0 Å². The van der Waals surface area contributed by atoms with Crippen LogP contribution in [0.25, 0.3) is 0 Å². The van der Waals surface area contributed by atoms with Gasteiger partial charge in [0, 0.05) is 16.9 Å². The van der Waals surface area contributed by atoms with Crippen molar-refractivity contribution in [2.24, 2.45) is 0 Å². The van der Waals surface area contributed by atoms with Crippen LogP contribution in [0.15, 0.2) is 66.7 Å². The fourth-order valence-electron chi connectivity index (χ4n) is 2.78. The van der Waals surface area contributed by atoms with E-state index in [1.165, 1.54) is 24.3 Å². The average molecular weight is 406 g/mol. The van der Waals surface area contributed by atoms with Gasteiger partial charge in [-0.3, -0.25) is 9.59 Å². The average Bonchev–Trinajstić information content (AvgIpc) is 2.72. The molecule has 154 valence electrons. The van der Waals surface area contributed by atoms with Crippen LogP contribution < -0.4 is 15.4 Å². The third kappa shape index (κ3) is 5.44. The number of aryl methyl sites for hydroxylation is 2. The third-order valence-corrected chi connectivity index (χ3v) is 4.55. The Morgan fingerprint density at radius 3 is 2.23 bits per heavy atom. The molecule has 30 heavy (non-hydrogen) atoms. The van der Waals surface area contributed by atoms with Gasteiger partial charge in [-0.1, -0.05) is 12.1 Å². The second-order valence-corrected chi connectivity index (χ2v) is 7.05. The molecular formula is C24H23FN2O3. The first-order valence-corrected chi connectivity index (χ1v) is 9.53. The molecule has 0 spiro atoms. The first-order valence-electron chi connectivity index (χ1n) is 9.53. The first kappa shape index (κ1) is 21.0. The fourth-order valence-corrected chi connectivity index (χ4v) is 2.78. The number of nitrogens with one attached hydrogen (secondary N) is 2. The van der Waals surface area contributed by atoms with Crippen LogP contribution in [0.4, 0.5) is 15.8 Å². The van der Waals surface area contributed by atoms with Gasteiger partial charge >= 0.3 is 0 Å². The molecule has 0 saturated heterocycles. The molecule has 0 bridgehead atoms. The Labute approximate surface area is 174 Å². The summed E-state index contributed by atoms with van der Waals surface area (Å²) in [6.45, 7) is 5.55. The topological polar surface area (TPSA) is 67.4 Å². The molecule has 3 aromatic rings. The van der Waals surface area contributed by atoms with Crippen LogP contribution in [-0.2, 0) is 4.79 Å². The minimum atomic E-state index is -0.719. The van der Waals surface area contributed by atoms with Gasteiger partial charge in [0.15, 0.2) is 6.10 Å². The van der Waals surface area contributed by atoms with Gasteiger partial charge < -0.3 is 15.4 Å². The summed E-state index contributed by atoms with van der Waals surface area (Å²) in [7, 11) is 0. The fraction of sp³-hybridized carbons (Fsp3) is 0.167. The van der Waals surface area contributed by atoms with Gasteiger partial charge in [0.25, 0.3) is 11.8 Å². The summed E-state index contributed by atoms with van der Waals surface area (Å²) < 4.78 is 18.7. The van der Waals surface area contributed by atoms with E-state index in [0.29, 0.717) is 17.0 Å². The smallest absolute Gasteiger partial charge is 0.265 e. The van der Waals surface area contributed by atoms with Crippen LogP contribution in [-0.4, -0.2) is 17.9 Å². The normalized spacial score (nSPS) is 11.5. The number of carbonyl (C=O) groups excluding carboxylic acids is 2. The molecule has 5 nitrogen and oxygen atoms in total. The van der Waals surface area contributed by atoms with Crippen LogP contribution in [0.5, 0.6) is 5.75 Å². The van der Waals surface area contributed by atoms with Gasteiger partial charge in [-0.25, -0.2) is 4.39 Å². The summed E-state index contributed by atoms with van der Waals surface area (Å²) in [6, 6.07) is 17.8. The molecular weight excluding hydrogens is 383 g/mol. The monoisotopic (exact) mass is 406 g/mol. The molecule has 0 saturated carbocycles. The van der Waals surface area contributed by atoms with E-state index in [0.717, 1.165) is 16.8 Å². The van der Waals surface area contributed by atoms with E-state index in [4.69, 9.17) is 4.74 Å². The quantitative estimate of drug-likeness (QED) is 0.598. The van der Waals surface area contributed by atoms with E-state index in [1.54, 1.807) is 31.2 Å². The lowest BCUT2D eigenvalue weighted by Gasteiger charge is -2.16. The minimum Gasteiger partial charge on any atom is -0.481 e. The van der Waals surface area contributed by atoms with Gasteiger partial charge in [0.1, 0.15) is 11.6 Å². The molecule has 0 aliphatic rings. The molecule has 1 unspecified atom stereocenters. The Morgan fingerprint density at radius 2 is 1.57 bits per heavy atom. The van der Waals surface area contributed by atoms with Crippen molar-refractivity contribution in [3.63, 3.8) is 0 Å². The largest absolute Gasteiger partial charge is 0.481 e. The Hall–Kier alpha value is -3.67. The SMILES string of the molecule is Cc1ccc(C)c(NC(=O)C(C)Oc2ccc(C(=O)Nc3ccc(F)cc3)cc2)c1. The maximum atomic E-state index is 13.0. The molecule has 2 amide bonds. The molecule has 3 aromatic carbocycles. The summed E-state index contributed by atoms with van der Waals surface area (Å²) in [6.07, 6.45) is -0.719. The maximum absolute atomic E-state index is 13.0. The van der Waals surface area contributed by atoms with Crippen LogP contribution in [0.1, 0.15) is 28.4 Å². The van der Waals surface area contributed by atoms with Crippen molar-refractivity contribution in [1.82, 2.24) is 0 Å². The predicted octanol–water partition coefficient (Wildman–Crippen LogP) is 5.10. The molecule has 0 fully saturated rings. The highest BCUT2D eigenvalue weighted by molar-refractivity contribution is 6.04. The minimum absolute atomic E-state index is 0.262. The van der Waals surface area contributed by atoms with Gasteiger partial charge in [-0.15, -0.1) is 0 Å². The lowest BCUT2D eigenvalue weighted by Crippen LogP contribution is -2.30. The third-order valence-electron chi connectivity index (χ3n) is 4.55. The zero-order valence-corrected chi connectivity index (χ0v) is 17.0. The van der Waals surface area contributed by atoms with Crippen LogP contribution in [0.2, 0.25) is 0 Å². The van der Waals surface area contributed by atoms with Crippen molar-refractivity contribution in [2.45, 2.75) is 26.9 Å². The Balaban J connectivity index is 1.59. The van der Waals surface area contributed by atoms with Crippen molar-refractivity contribution < 1.29 is 18.7 Å². The number of carbonyl (C=O) groups is 2. The number of halogens is 1. The molecule has 0 radical (unpaired) electrons. The molecule has 0 heterocycles. The number of rotatable bonds is 6. The molecule has 0 aliphatic carbocycles. The number of ether oxygens (including phenoxy) is 1. The lowest BCUT2D eigenvalue weighted by atomic mass is 10.1. The van der Waals surface area contributed by atoms with Crippen molar-refractivity contribution in [3.8, 4) is 5.75 Å². The zero-order chi connectivity index (χ0) is 21.7. The van der Waals surface area contributed by atoms with Crippen LogP contribution in [0.3, 0.4) is 0 Å². The summed E-state index contributed by atoms with van der Waals surface area (Å²) in [4.78, 5) is 24.7. The highest BCUT2D eigenvalue weighted by Gasteiger charge is 2.16. The van der Waals surface area contributed by atoms with Gasteiger partial charge in [0.2, 0.25) is 0 Å².